The van der Waals surface area contributed by atoms with Gasteiger partial charge in [-0.25, -0.2) is 0 Å². The monoisotopic (exact) mass is 212 g/mol. The number of allylic oxidation sites excluding steroid dienone is 2. The highest BCUT2D eigenvalue weighted by Crippen LogP contribution is 2.37. The molecule has 0 bridgehead atoms. The van der Waals surface area contributed by atoms with Crippen molar-refractivity contribution >= 4 is 0 Å². The van der Waals surface area contributed by atoms with Gasteiger partial charge in [0.1, 0.15) is 0 Å². The number of rotatable bonds is 2. The third-order valence-electron chi connectivity index (χ3n) is 3.17. The maximum Gasteiger partial charge on any atom is 0.0211 e. The van der Waals surface area contributed by atoms with E-state index < -0.39 is 0 Å². The van der Waals surface area contributed by atoms with Crippen LogP contribution in [0.5, 0.6) is 0 Å². The Morgan fingerprint density at radius 2 is 1.27 bits per heavy atom. The van der Waals surface area contributed by atoms with E-state index in [2.05, 4.69) is 13.8 Å². The van der Waals surface area contributed by atoms with Gasteiger partial charge in [0.2, 0.25) is 0 Å². The van der Waals surface area contributed by atoms with Gasteiger partial charge in [0.15, 0.2) is 0 Å². The van der Waals surface area contributed by atoms with E-state index in [9.17, 15) is 10.4 Å². The maximum atomic E-state index is 11.4. The second-order valence-electron chi connectivity index (χ2n) is 5.05. The standard InChI is InChI=1S/C11H20N2O2/c1-11(2)7-5-9(12(3)14)10(6-8-11)13(4)15/h5-8H2,1-4H3/q-2. The molecule has 0 heterocycles. The summed E-state index contributed by atoms with van der Waals surface area (Å²) in [6.07, 6.45) is 3.34. The van der Waals surface area contributed by atoms with Crippen molar-refractivity contribution < 1.29 is 0 Å². The third kappa shape index (κ3) is 3.11. The largest absolute Gasteiger partial charge is 0.759 e. The lowest BCUT2D eigenvalue weighted by atomic mass is 9.84. The average molecular weight is 212 g/mol. The van der Waals surface area contributed by atoms with Crippen LogP contribution in [0.2, 0.25) is 0 Å². The zero-order valence-corrected chi connectivity index (χ0v) is 10.0. The van der Waals surface area contributed by atoms with Crippen LogP contribution in [0.25, 0.3) is 0 Å². The SMILES string of the molecule is CN([O-])C1=C(N(C)[O-])CCC(C)(C)CC1. The number of hydrogen-bond donors (Lipinski definition) is 0. The van der Waals surface area contributed by atoms with Crippen LogP contribution in [0, 0.1) is 15.8 Å². The van der Waals surface area contributed by atoms with Gasteiger partial charge in [0.25, 0.3) is 0 Å². The Morgan fingerprint density at radius 3 is 1.53 bits per heavy atom. The topological polar surface area (TPSA) is 52.6 Å². The number of nitrogens with zero attached hydrogens (tertiary/aromatic N) is 2. The van der Waals surface area contributed by atoms with Crippen molar-refractivity contribution in [1.82, 2.24) is 10.1 Å². The molecule has 0 spiro atoms. The Hall–Kier alpha value is -0.740. The first-order chi connectivity index (χ1) is 6.83. The van der Waals surface area contributed by atoms with Gasteiger partial charge >= 0.3 is 0 Å². The second-order valence-corrected chi connectivity index (χ2v) is 5.05. The molecule has 0 aromatic carbocycles. The van der Waals surface area contributed by atoms with Crippen molar-refractivity contribution in [3.63, 3.8) is 0 Å². The van der Waals surface area contributed by atoms with E-state index >= 15 is 0 Å². The first kappa shape index (κ1) is 12.3. The van der Waals surface area contributed by atoms with Crippen LogP contribution in [0.15, 0.2) is 11.4 Å². The Balaban J connectivity index is 2.91. The molecule has 0 N–H and O–H groups in total. The van der Waals surface area contributed by atoms with Crippen molar-refractivity contribution in [1.29, 1.82) is 0 Å². The minimum Gasteiger partial charge on any atom is -0.759 e. The summed E-state index contributed by atoms with van der Waals surface area (Å²) < 4.78 is 0. The summed E-state index contributed by atoms with van der Waals surface area (Å²) in [5.74, 6) is 0. The molecule has 0 aliphatic heterocycles. The van der Waals surface area contributed by atoms with Crippen molar-refractivity contribution in [3.05, 3.63) is 21.8 Å². The fourth-order valence-corrected chi connectivity index (χ4v) is 2.01. The van der Waals surface area contributed by atoms with E-state index in [-0.39, 0.29) is 5.41 Å². The number of hydrogen-bond acceptors (Lipinski definition) is 4. The molecule has 0 aromatic rings. The Morgan fingerprint density at radius 1 is 0.933 bits per heavy atom. The van der Waals surface area contributed by atoms with Crippen molar-refractivity contribution in [2.24, 2.45) is 5.41 Å². The predicted octanol–water partition coefficient (Wildman–Crippen LogP) is 2.66. The highest BCUT2D eigenvalue weighted by molar-refractivity contribution is 5.15. The lowest BCUT2D eigenvalue weighted by molar-refractivity contribution is 0.309. The van der Waals surface area contributed by atoms with Crippen LogP contribution in [0.4, 0.5) is 0 Å². The van der Waals surface area contributed by atoms with Crippen LogP contribution in [-0.4, -0.2) is 24.2 Å². The normalized spacial score (nSPS) is 21.2. The van der Waals surface area contributed by atoms with Crippen molar-refractivity contribution in [2.45, 2.75) is 39.5 Å². The first-order valence-electron chi connectivity index (χ1n) is 5.37. The van der Waals surface area contributed by atoms with E-state index in [0.29, 0.717) is 24.2 Å². The number of hydroxylamine groups is 4. The summed E-state index contributed by atoms with van der Waals surface area (Å²) >= 11 is 0. The fraction of sp³-hybridized carbons (Fsp3) is 0.818. The molecule has 1 aliphatic carbocycles. The molecule has 0 radical (unpaired) electrons. The quantitative estimate of drug-likeness (QED) is 0.660. The third-order valence-corrected chi connectivity index (χ3v) is 3.17. The molecular formula is C11H20N2O2-2. The van der Waals surface area contributed by atoms with Crippen LogP contribution >= 0.6 is 0 Å². The Labute approximate surface area is 91.7 Å². The molecule has 0 amide bonds. The van der Waals surface area contributed by atoms with Crippen LogP contribution < -0.4 is 0 Å². The summed E-state index contributed by atoms with van der Waals surface area (Å²) in [7, 11) is 2.94. The Bertz CT molecular complexity index is 233. The molecule has 88 valence electrons. The van der Waals surface area contributed by atoms with Gasteiger partial charge in [0, 0.05) is 11.4 Å². The van der Waals surface area contributed by atoms with Crippen LogP contribution in [0.1, 0.15) is 39.5 Å². The molecule has 0 aromatic heterocycles. The van der Waals surface area contributed by atoms with E-state index in [1.165, 1.54) is 14.1 Å². The molecule has 0 fully saturated rings. The van der Waals surface area contributed by atoms with E-state index in [1.807, 2.05) is 0 Å². The van der Waals surface area contributed by atoms with Gasteiger partial charge < -0.3 is 20.5 Å². The van der Waals surface area contributed by atoms with Gasteiger partial charge in [-0.3, -0.25) is 0 Å². The van der Waals surface area contributed by atoms with Gasteiger partial charge in [-0.15, -0.1) is 0 Å². The summed E-state index contributed by atoms with van der Waals surface area (Å²) in [5, 5.41) is 24.4. The summed E-state index contributed by atoms with van der Waals surface area (Å²) in [5.41, 5.74) is 1.52. The van der Waals surface area contributed by atoms with Crippen molar-refractivity contribution in [2.75, 3.05) is 14.1 Å². The fourth-order valence-electron chi connectivity index (χ4n) is 2.01. The smallest absolute Gasteiger partial charge is 0.0211 e. The summed E-state index contributed by atoms with van der Waals surface area (Å²) in [6.45, 7) is 4.37. The molecule has 15 heavy (non-hydrogen) atoms. The van der Waals surface area contributed by atoms with Crippen LogP contribution in [0.3, 0.4) is 0 Å². The molecule has 0 unspecified atom stereocenters. The molecule has 0 saturated heterocycles. The Kier molecular flexibility index (Phi) is 3.62. The highest BCUT2D eigenvalue weighted by Gasteiger charge is 2.23. The summed E-state index contributed by atoms with van der Waals surface area (Å²) in [4.78, 5) is 0. The van der Waals surface area contributed by atoms with Crippen molar-refractivity contribution in [3.8, 4) is 0 Å². The van der Waals surface area contributed by atoms with Gasteiger partial charge in [-0.05, 0) is 45.2 Å². The molecule has 4 heteroatoms. The molecule has 1 aliphatic rings. The lowest BCUT2D eigenvalue weighted by Gasteiger charge is -2.36. The zero-order chi connectivity index (χ0) is 11.6. The van der Waals surface area contributed by atoms with E-state index in [0.717, 1.165) is 23.0 Å². The molecule has 4 nitrogen and oxygen atoms in total. The van der Waals surface area contributed by atoms with Gasteiger partial charge in [0.05, 0.1) is 0 Å². The average Bonchev–Trinajstić information content (AvgIpc) is 2.23. The van der Waals surface area contributed by atoms with E-state index in [4.69, 9.17) is 0 Å². The van der Waals surface area contributed by atoms with Gasteiger partial charge in [-0.1, -0.05) is 13.8 Å². The molecular weight excluding hydrogens is 192 g/mol. The van der Waals surface area contributed by atoms with Crippen LogP contribution in [-0.2, 0) is 0 Å². The minimum atomic E-state index is 0.221. The molecule has 0 saturated carbocycles. The maximum absolute atomic E-state index is 11.4. The molecule has 1 rings (SSSR count). The highest BCUT2D eigenvalue weighted by atomic mass is 16.5. The van der Waals surface area contributed by atoms with E-state index in [1.54, 1.807) is 0 Å². The molecule has 0 atom stereocenters. The summed E-state index contributed by atoms with van der Waals surface area (Å²) in [6, 6.07) is 0. The minimum absolute atomic E-state index is 0.221. The zero-order valence-electron chi connectivity index (χ0n) is 10.0. The lowest BCUT2D eigenvalue weighted by Crippen LogP contribution is -2.18. The van der Waals surface area contributed by atoms with Gasteiger partial charge in [-0.2, -0.15) is 0 Å². The predicted molar refractivity (Wildman–Crippen MR) is 61.5 cm³/mol. The second kappa shape index (κ2) is 4.41. The first-order valence-corrected chi connectivity index (χ1v) is 5.37.